The summed E-state index contributed by atoms with van der Waals surface area (Å²) in [6.45, 7) is 3.89. The Balaban J connectivity index is 1.99. The smallest absolute Gasteiger partial charge is 0.266 e. The van der Waals surface area contributed by atoms with E-state index >= 15 is 0 Å². The highest BCUT2D eigenvalue weighted by atomic mass is 16.5. The standard InChI is InChI=1S/C14H16N2O3/c1-3-12(14(17)15-13-8-9-18-16-13)19-11-6-4-10(2)5-7-11/h4-9,12H,3H2,1-2H3,(H,15,16,17)/t12-/m1/s1. The molecule has 0 aliphatic rings. The molecule has 0 fully saturated rings. The number of ether oxygens (including phenoxy) is 1. The van der Waals surface area contributed by atoms with E-state index in [9.17, 15) is 4.79 Å². The molecule has 0 bridgehead atoms. The quantitative estimate of drug-likeness (QED) is 0.897. The monoisotopic (exact) mass is 260 g/mol. The first-order valence-corrected chi connectivity index (χ1v) is 6.13. The molecule has 2 rings (SSSR count). The van der Waals surface area contributed by atoms with Crippen LogP contribution in [-0.2, 0) is 4.79 Å². The van der Waals surface area contributed by atoms with Crippen LogP contribution >= 0.6 is 0 Å². The van der Waals surface area contributed by atoms with Gasteiger partial charge in [0.05, 0.1) is 0 Å². The van der Waals surface area contributed by atoms with E-state index in [4.69, 9.17) is 4.74 Å². The molecule has 0 aliphatic heterocycles. The summed E-state index contributed by atoms with van der Waals surface area (Å²) in [6, 6.07) is 9.16. The maximum atomic E-state index is 12.0. The second-order valence-corrected chi connectivity index (χ2v) is 4.20. The molecule has 1 N–H and O–H groups in total. The molecule has 0 spiro atoms. The van der Waals surface area contributed by atoms with Crippen LogP contribution in [0.15, 0.2) is 41.1 Å². The fourth-order valence-corrected chi connectivity index (χ4v) is 1.59. The third-order valence-electron chi connectivity index (χ3n) is 2.65. The molecule has 1 heterocycles. The van der Waals surface area contributed by atoms with E-state index in [2.05, 4.69) is 15.0 Å². The van der Waals surface area contributed by atoms with Crippen LogP contribution in [0.25, 0.3) is 0 Å². The van der Waals surface area contributed by atoms with Gasteiger partial charge in [-0.25, -0.2) is 0 Å². The van der Waals surface area contributed by atoms with Gasteiger partial charge in [-0.3, -0.25) is 4.79 Å². The molecule has 0 unspecified atom stereocenters. The van der Waals surface area contributed by atoms with Gasteiger partial charge in [0.2, 0.25) is 0 Å². The normalized spacial score (nSPS) is 11.9. The van der Waals surface area contributed by atoms with E-state index in [1.807, 2.05) is 38.1 Å². The predicted molar refractivity (Wildman–Crippen MR) is 71.0 cm³/mol. The lowest BCUT2D eigenvalue weighted by molar-refractivity contribution is -0.122. The van der Waals surface area contributed by atoms with Gasteiger partial charge in [0.25, 0.3) is 5.91 Å². The third-order valence-corrected chi connectivity index (χ3v) is 2.65. The summed E-state index contributed by atoms with van der Waals surface area (Å²) in [5.74, 6) is 0.820. The molecular formula is C14H16N2O3. The number of aromatic nitrogens is 1. The summed E-state index contributed by atoms with van der Waals surface area (Å²) in [5, 5.41) is 6.26. The minimum absolute atomic E-state index is 0.239. The topological polar surface area (TPSA) is 64.4 Å². The molecule has 0 saturated heterocycles. The van der Waals surface area contributed by atoms with Crippen molar-refractivity contribution < 1.29 is 14.1 Å². The van der Waals surface area contributed by atoms with Gasteiger partial charge in [0, 0.05) is 6.07 Å². The van der Waals surface area contributed by atoms with Crippen LogP contribution in [0.4, 0.5) is 5.82 Å². The van der Waals surface area contributed by atoms with Crippen molar-refractivity contribution in [2.24, 2.45) is 0 Å². The van der Waals surface area contributed by atoms with Gasteiger partial charge in [-0.2, -0.15) is 0 Å². The number of hydrogen-bond acceptors (Lipinski definition) is 4. The average Bonchev–Trinajstić information content (AvgIpc) is 2.90. The number of nitrogens with zero attached hydrogens (tertiary/aromatic N) is 1. The maximum absolute atomic E-state index is 12.0. The van der Waals surface area contributed by atoms with Gasteiger partial charge in [-0.1, -0.05) is 29.8 Å². The predicted octanol–water partition coefficient (Wildman–Crippen LogP) is 2.78. The summed E-state index contributed by atoms with van der Waals surface area (Å²) in [6.07, 6.45) is 1.41. The van der Waals surface area contributed by atoms with Gasteiger partial charge in [0.15, 0.2) is 11.9 Å². The highest BCUT2D eigenvalue weighted by Crippen LogP contribution is 2.15. The molecule has 5 heteroatoms. The highest BCUT2D eigenvalue weighted by molar-refractivity contribution is 5.93. The minimum Gasteiger partial charge on any atom is -0.481 e. The van der Waals surface area contributed by atoms with Crippen LogP contribution in [-0.4, -0.2) is 17.2 Å². The van der Waals surface area contributed by atoms with Crippen molar-refractivity contribution in [3.8, 4) is 5.75 Å². The Labute approximate surface area is 111 Å². The summed E-state index contributed by atoms with van der Waals surface area (Å²) in [5.41, 5.74) is 1.15. The molecule has 0 aliphatic carbocycles. The van der Waals surface area contributed by atoms with E-state index in [0.29, 0.717) is 18.0 Å². The van der Waals surface area contributed by atoms with E-state index in [1.54, 1.807) is 6.07 Å². The van der Waals surface area contributed by atoms with Gasteiger partial charge < -0.3 is 14.6 Å². The number of amides is 1. The molecule has 0 saturated carbocycles. The molecule has 19 heavy (non-hydrogen) atoms. The maximum Gasteiger partial charge on any atom is 0.266 e. The number of rotatable bonds is 5. The number of carbonyl (C=O) groups excluding carboxylic acids is 1. The molecule has 1 aromatic heterocycles. The van der Waals surface area contributed by atoms with Crippen LogP contribution in [0.5, 0.6) is 5.75 Å². The van der Waals surface area contributed by atoms with E-state index in [-0.39, 0.29) is 5.91 Å². The lowest BCUT2D eigenvalue weighted by Crippen LogP contribution is -2.32. The van der Waals surface area contributed by atoms with Crippen molar-refractivity contribution in [3.05, 3.63) is 42.2 Å². The molecule has 1 amide bonds. The minimum atomic E-state index is -0.556. The van der Waals surface area contributed by atoms with E-state index in [1.165, 1.54) is 6.26 Å². The van der Waals surface area contributed by atoms with Crippen molar-refractivity contribution in [2.45, 2.75) is 26.4 Å². The molecule has 0 radical (unpaired) electrons. The van der Waals surface area contributed by atoms with Crippen molar-refractivity contribution in [1.29, 1.82) is 0 Å². The molecule has 2 aromatic rings. The summed E-state index contributed by atoms with van der Waals surface area (Å²) in [4.78, 5) is 12.0. The van der Waals surface area contributed by atoms with E-state index in [0.717, 1.165) is 5.56 Å². The van der Waals surface area contributed by atoms with Gasteiger partial charge >= 0.3 is 0 Å². The first kappa shape index (κ1) is 13.1. The first-order chi connectivity index (χ1) is 9.19. The Hall–Kier alpha value is -2.30. The highest BCUT2D eigenvalue weighted by Gasteiger charge is 2.19. The zero-order valence-corrected chi connectivity index (χ0v) is 10.9. The molecule has 5 nitrogen and oxygen atoms in total. The number of benzene rings is 1. The SMILES string of the molecule is CC[C@@H](Oc1ccc(C)cc1)C(=O)Nc1ccon1. The summed E-state index contributed by atoms with van der Waals surface area (Å²) < 4.78 is 10.3. The average molecular weight is 260 g/mol. The fourth-order valence-electron chi connectivity index (χ4n) is 1.59. The van der Waals surface area contributed by atoms with Gasteiger partial charge in [0.1, 0.15) is 12.0 Å². The van der Waals surface area contributed by atoms with Gasteiger partial charge in [-0.05, 0) is 25.5 Å². The Bertz CT molecular complexity index is 520. The lowest BCUT2D eigenvalue weighted by atomic mass is 10.2. The zero-order valence-electron chi connectivity index (χ0n) is 10.9. The Morgan fingerprint density at radius 3 is 2.68 bits per heavy atom. The molecule has 100 valence electrons. The Morgan fingerprint density at radius 1 is 1.37 bits per heavy atom. The van der Waals surface area contributed by atoms with Crippen LogP contribution < -0.4 is 10.1 Å². The number of aryl methyl sites for hydroxylation is 1. The number of anilines is 1. The fraction of sp³-hybridized carbons (Fsp3) is 0.286. The van der Waals surface area contributed by atoms with Crippen molar-refractivity contribution >= 4 is 11.7 Å². The molecule has 1 aromatic carbocycles. The second-order valence-electron chi connectivity index (χ2n) is 4.20. The van der Waals surface area contributed by atoms with Crippen LogP contribution in [0.3, 0.4) is 0 Å². The molecular weight excluding hydrogens is 244 g/mol. The van der Waals surface area contributed by atoms with Crippen LogP contribution in [0, 0.1) is 6.92 Å². The zero-order chi connectivity index (χ0) is 13.7. The van der Waals surface area contributed by atoms with Crippen molar-refractivity contribution in [2.75, 3.05) is 5.32 Å². The first-order valence-electron chi connectivity index (χ1n) is 6.13. The van der Waals surface area contributed by atoms with Crippen LogP contribution in [0.1, 0.15) is 18.9 Å². The molecule has 1 atom stereocenters. The lowest BCUT2D eigenvalue weighted by Gasteiger charge is -2.16. The largest absolute Gasteiger partial charge is 0.481 e. The number of nitrogens with one attached hydrogen (secondary N) is 1. The summed E-state index contributed by atoms with van der Waals surface area (Å²) in [7, 11) is 0. The van der Waals surface area contributed by atoms with Crippen LogP contribution in [0.2, 0.25) is 0 Å². The summed E-state index contributed by atoms with van der Waals surface area (Å²) >= 11 is 0. The van der Waals surface area contributed by atoms with E-state index < -0.39 is 6.10 Å². The van der Waals surface area contributed by atoms with Gasteiger partial charge in [-0.15, -0.1) is 0 Å². The number of hydrogen-bond donors (Lipinski definition) is 1. The third kappa shape index (κ3) is 3.58. The van der Waals surface area contributed by atoms with Crippen molar-refractivity contribution in [1.82, 2.24) is 5.16 Å². The Morgan fingerprint density at radius 2 is 2.11 bits per heavy atom. The van der Waals surface area contributed by atoms with Crippen molar-refractivity contribution in [3.63, 3.8) is 0 Å². The second kappa shape index (κ2) is 6.04. The Kier molecular flexibility index (Phi) is 4.18. The number of carbonyl (C=O) groups is 1.